The summed E-state index contributed by atoms with van der Waals surface area (Å²) >= 11 is 1.08. The number of rotatable bonds is 3. The molecule has 1 atom stereocenters. The second kappa shape index (κ2) is 7.02. The number of aryl methyl sites for hydroxylation is 2. The molecule has 4 N–H and O–H groups in total. The number of allylic oxidation sites excluding steroid dienone is 1. The molecule has 1 unspecified atom stereocenters. The van der Waals surface area contributed by atoms with Gasteiger partial charge in [0.1, 0.15) is 5.60 Å². The summed E-state index contributed by atoms with van der Waals surface area (Å²) in [5.74, 6) is 0. The second-order valence-electron chi connectivity index (χ2n) is 7.96. The summed E-state index contributed by atoms with van der Waals surface area (Å²) < 4.78 is 16.7. The largest absolute Gasteiger partial charge is 0.384 e. The minimum atomic E-state index is -3.53. The standard InChI is InChI=1S/C20H24N4O3S2/c1-11-17(20(2,3)26)23-19(28-11)29(21,27)24-18(25)22-16-14-8-4-6-12(14)10-13-7-5-9-15(13)16/h4,8,10,26H,5-7,9H2,1-3H3,(H3,21,22,24,25,27). The Morgan fingerprint density at radius 1 is 1.38 bits per heavy atom. The van der Waals surface area contributed by atoms with Gasteiger partial charge >= 0.3 is 6.03 Å². The Balaban J connectivity index is 1.68. The third-order valence-corrected chi connectivity index (χ3v) is 7.97. The molecule has 2 aliphatic rings. The van der Waals surface area contributed by atoms with E-state index in [1.165, 1.54) is 11.1 Å². The third kappa shape index (κ3) is 3.75. The summed E-state index contributed by atoms with van der Waals surface area (Å²) in [4.78, 5) is 17.6. The quantitative estimate of drug-likeness (QED) is 0.686. The highest BCUT2D eigenvalue weighted by Gasteiger charge is 2.27. The number of nitrogens with two attached hydrogens (primary N) is 1. The Hall–Kier alpha value is -2.07. The van der Waals surface area contributed by atoms with Crippen molar-refractivity contribution in [2.75, 3.05) is 5.32 Å². The van der Waals surface area contributed by atoms with E-state index in [1.807, 2.05) is 6.08 Å². The van der Waals surface area contributed by atoms with E-state index in [0.717, 1.165) is 53.8 Å². The number of carbonyl (C=O) groups excluding carboxylic acids is 1. The Kier molecular flexibility index (Phi) is 4.89. The Morgan fingerprint density at radius 2 is 2.14 bits per heavy atom. The van der Waals surface area contributed by atoms with Crippen molar-refractivity contribution >= 4 is 39.0 Å². The molecule has 0 bridgehead atoms. The predicted octanol–water partition coefficient (Wildman–Crippen LogP) is 3.67. The van der Waals surface area contributed by atoms with Gasteiger partial charge in [-0.25, -0.2) is 19.1 Å². The van der Waals surface area contributed by atoms with Crippen LogP contribution in [-0.4, -0.2) is 20.3 Å². The minimum Gasteiger partial charge on any atom is -0.384 e. The number of nitrogens with one attached hydrogen (secondary N) is 1. The van der Waals surface area contributed by atoms with E-state index in [0.29, 0.717) is 10.6 Å². The van der Waals surface area contributed by atoms with Crippen molar-refractivity contribution in [3.63, 3.8) is 0 Å². The zero-order chi connectivity index (χ0) is 21.0. The lowest BCUT2D eigenvalue weighted by molar-refractivity contribution is 0.0734. The number of fused-ring (bicyclic) bond motifs is 2. The van der Waals surface area contributed by atoms with Crippen molar-refractivity contribution in [1.29, 1.82) is 0 Å². The van der Waals surface area contributed by atoms with E-state index in [1.54, 1.807) is 20.8 Å². The smallest absolute Gasteiger partial charge is 0.354 e. The topological polar surface area (TPSA) is 118 Å². The van der Waals surface area contributed by atoms with E-state index in [2.05, 4.69) is 26.8 Å². The number of aliphatic hydroxyl groups is 1. The first-order valence-corrected chi connectivity index (χ1v) is 11.9. The van der Waals surface area contributed by atoms with Crippen molar-refractivity contribution in [1.82, 2.24) is 4.98 Å². The first-order valence-electron chi connectivity index (χ1n) is 9.46. The van der Waals surface area contributed by atoms with Crippen LogP contribution in [0.5, 0.6) is 0 Å². The second-order valence-corrected chi connectivity index (χ2v) is 11.1. The molecule has 1 aromatic heterocycles. The van der Waals surface area contributed by atoms with E-state index in [-0.39, 0.29) is 4.34 Å². The summed E-state index contributed by atoms with van der Waals surface area (Å²) in [6, 6.07) is 1.46. The van der Waals surface area contributed by atoms with Crippen molar-refractivity contribution in [3.05, 3.63) is 45.0 Å². The van der Waals surface area contributed by atoms with Crippen LogP contribution in [0.2, 0.25) is 0 Å². The highest BCUT2D eigenvalue weighted by molar-refractivity contribution is 7.93. The summed E-state index contributed by atoms with van der Waals surface area (Å²) in [6.07, 6.45) is 7.85. The number of aromatic nitrogens is 1. The summed E-state index contributed by atoms with van der Waals surface area (Å²) in [5.41, 5.74) is 4.48. The molecule has 9 heteroatoms. The van der Waals surface area contributed by atoms with Crippen LogP contribution < -0.4 is 10.5 Å². The highest BCUT2D eigenvalue weighted by atomic mass is 32.2. The fourth-order valence-electron chi connectivity index (χ4n) is 3.99. The van der Waals surface area contributed by atoms with Crippen molar-refractivity contribution < 1.29 is 14.1 Å². The summed E-state index contributed by atoms with van der Waals surface area (Å²) in [7, 11) is -3.53. The molecule has 7 nitrogen and oxygen atoms in total. The van der Waals surface area contributed by atoms with Crippen molar-refractivity contribution in [2.24, 2.45) is 9.50 Å². The fraction of sp³-hybridized carbons (Fsp3) is 0.400. The van der Waals surface area contributed by atoms with Gasteiger partial charge in [-0.3, -0.25) is 0 Å². The number of hydrogen-bond donors (Lipinski definition) is 3. The zero-order valence-electron chi connectivity index (χ0n) is 16.6. The lowest BCUT2D eigenvalue weighted by Crippen LogP contribution is -2.20. The molecule has 0 spiro atoms. The molecule has 29 heavy (non-hydrogen) atoms. The van der Waals surface area contributed by atoms with Crippen LogP contribution in [0.1, 0.15) is 53.1 Å². The molecule has 0 radical (unpaired) electrons. The van der Waals surface area contributed by atoms with E-state index >= 15 is 0 Å². The Bertz CT molecular complexity index is 1160. The van der Waals surface area contributed by atoms with E-state index in [4.69, 9.17) is 5.14 Å². The molecule has 154 valence electrons. The van der Waals surface area contributed by atoms with E-state index < -0.39 is 21.5 Å². The van der Waals surface area contributed by atoms with Crippen LogP contribution in [-0.2, 0) is 34.8 Å². The Labute approximate surface area is 174 Å². The first-order chi connectivity index (χ1) is 13.6. The fourth-order valence-corrected chi connectivity index (χ4v) is 6.33. The predicted molar refractivity (Wildman–Crippen MR) is 115 cm³/mol. The van der Waals surface area contributed by atoms with Crippen LogP contribution in [0.3, 0.4) is 0 Å². The van der Waals surface area contributed by atoms with Gasteiger partial charge in [0.25, 0.3) is 0 Å². The van der Waals surface area contributed by atoms with Gasteiger partial charge in [-0.15, -0.1) is 15.7 Å². The number of amides is 2. The molecule has 2 aromatic rings. The number of anilines is 1. The number of nitrogens with zero attached hydrogens (tertiary/aromatic N) is 2. The van der Waals surface area contributed by atoms with Gasteiger partial charge in [-0.2, -0.15) is 0 Å². The molecule has 0 aliphatic heterocycles. The number of benzene rings is 1. The lowest BCUT2D eigenvalue weighted by Gasteiger charge is -2.15. The SMILES string of the molecule is Cc1sc(S(N)(=O)=NC(=O)Nc2c3c(cc4c2CCC4)CC=C3)nc1C(C)(C)O. The van der Waals surface area contributed by atoms with Gasteiger partial charge in [-0.1, -0.05) is 18.2 Å². The van der Waals surface area contributed by atoms with Crippen LogP contribution in [0.15, 0.2) is 20.8 Å². The molecule has 1 heterocycles. The van der Waals surface area contributed by atoms with Crippen molar-refractivity contribution in [3.8, 4) is 0 Å². The minimum absolute atomic E-state index is 0.0330. The average Bonchev–Trinajstić information content (AvgIpc) is 3.31. The lowest BCUT2D eigenvalue weighted by atomic mass is 9.98. The maximum Gasteiger partial charge on any atom is 0.354 e. The van der Waals surface area contributed by atoms with Crippen LogP contribution >= 0.6 is 11.3 Å². The van der Waals surface area contributed by atoms with Gasteiger partial charge in [0.05, 0.1) is 11.4 Å². The Morgan fingerprint density at radius 3 is 2.83 bits per heavy atom. The van der Waals surface area contributed by atoms with Gasteiger partial charge in [0.15, 0.2) is 9.92 Å². The van der Waals surface area contributed by atoms with Crippen LogP contribution in [0.25, 0.3) is 6.08 Å². The average molecular weight is 433 g/mol. The normalized spacial score (nSPS) is 17.0. The van der Waals surface area contributed by atoms with Gasteiger partial charge in [0.2, 0.25) is 4.34 Å². The first kappa shape index (κ1) is 20.2. The molecule has 0 fully saturated rings. The molecule has 2 amide bonds. The van der Waals surface area contributed by atoms with E-state index in [9.17, 15) is 14.1 Å². The highest BCUT2D eigenvalue weighted by Crippen LogP contribution is 2.38. The van der Waals surface area contributed by atoms with Gasteiger partial charge in [-0.05, 0) is 63.1 Å². The number of thiazole rings is 1. The molecule has 0 saturated carbocycles. The maximum absolute atomic E-state index is 13.0. The molecule has 1 aromatic carbocycles. The van der Waals surface area contributed by atoms with Crippen LogP contribution in [0.4, 0.5) is 10.5 Å². The number of hydrogen-bond acceptors (Lipinski definition) is 5. The summed E-state index contributed by atoms with van der Waals surface area (Å²) in [5, 5.41) is 18.9. The number of urea groups is 1. The molecular formula is C20H24N4O3S2. The maximum atomic E-state index is 13.0. The zero-order valence-corrected chi connectivity index (χ0v) is 18.2. The summed E-state index contributed by atoms with van der Waals surface area (Å²) in [6.45, 7) is 4.93. The van der Waals surface area contributed by atoms with Crippen molar-refractivity contribution in [2.45, 2.75) is 56.4 Å². The van der Waals surface area contributed by atoms with Crippen LogP contribution in [0, 0.1) is 6.92 Å². The molecule has 2 aliphatic carbocycles. The van der Waals surface area contributed by atoms with Gasteiger partial charge < -0.3 is 10.4 Å². The molecule has 0 saturated heterocycles. The monoisotopic (exact) mass is 432 g/mol. The van der Waals surface area contributed by atoms with Gasteiger partial charge in [0, 0.05) is 10.4 Å². The third-order valence-electron chi connectivity index (χ3n) is 5.21. The molecule has 4 rings (SSSR count). The number of carbonyl (C=O) groups is 1. The molecular weight excluding hydrogens is 408 g/mol.